The van der Waals surface area contributed by atoms with Gasteiger partial charge in [-0.25, -0.2) is 9.97 Å². The molecule has 5 rings (SSSR count). The number of benzene rings is 1. The molecule has 2 aliphatic rings. The Bertz CT molecular complexity index is 987. The highest BCUT2D eigenvalue weighted by molar-refractivity contribution is 6.08. The van der Waals surface area contributed by atoms with Crippen LogP contribution >= 0.6 is 0 Å². The second kappa shape index (κ2) is 6.37. The summed E-state index contributed by atoms with van der Waals surface area (Å²) in [6.45, 7) is 3.15. The Morgan fingerprint density at radius 3 is 2.89 bits per heavy atom. The molecule has 2 heterocycles. The molecule has 3 aromatic rings. The van der Waals surface area contributed by atoms with Gasteiger partial charge in [0, 0.05) is 35.8 Å². The Labute approximate surface area is 158 Å². The summed E-state index contributed by atoms with van der Waals surface area (Å²) in [6, 6.07) is 10.2. The molecule has 27 heavy (non-hydrogen) atoms. The predicted molar refractivity (Wildman–Crippen MR) is 106 cm³/mol. The number of H-pyrrole nitrogens is 1. The summed E-state index contributed by atoms with van der Waals surface area (Å²) in [7, 11) is 0. The van der Waals surface area contributed by atoms with Gasteiger partial charge in [0.15, 0.2) is 0 Å². The quantitative estimate of drug-likeness (QED) is 0.700. The van der Waals surface area contributed by atoms with Crippen LogP contribution in [0.5, 0.6) is 0 Å². The fraction of sp³-hybridized carbons (Fsp3) is 0.381. The van der Waals surface area contributed by atoms with Crippen LogP contribution in [0.2, 0.25) is 0 Å². The summed E-state index contributed by atoms with van der Waals surface area (Å²) in [4.78, 5) is 27.1. The maximum Gasteiger partial charge on any atom is 0.274 e. The molecule has 0 saturated heterocycles. The minimum atomic E-state index is -0.206. The molecule has 2 aliphatic carbocycles. The Morgan fingerprint density at radius 1 is 1.26 bits per heavy atom. The third kappa shape index (κ3) is 2.76. The van der Waals surface area contributed by atoms with Gasteiger partial charge in [-0.3, -0.25) is 4.79 Å². The fourth-order valence-electron chi connectivity index (χ4n) is 4.45. The molecule has 1 aromatic carbocycles. The maximum absolute atomic E-state index is 12.8. The van der Waals surface area contributed by atoms with Gasteiger partial charge in [-0.15, -0.1) is 0 Å². The molecule has 1 amide bonds. The fourth-order valence-corrected chi connectivity index (χ4v) is 4.45. The zero-order valence-corrected chi connectivity index (χ0v) is 15.4. The van der Waals surface area contributed by atoms with Crippen molar-refractivity contribution in [3.8, 4) is 0 Å². The molecule has 6 heteroatoms. The van der Waals surface area contributed by atoms with Gasteiger partial charge in [0.2, 0.25) is 0 Å². The number of anilines is 2. The molecule has 0 spiro atoms. The summed E-state index contributed by atoms with van der Waals surface area (Å²) in [5.74, 6) is 2.32. The van der Waals surface area contributed by atoms with Crippen molar-refractivity contribution in [2.75, 3.05) is 16.8 Å². The van der Waals surface area contributed by atoms with Crippen molar-refractivity contribution in [3.63, 3.8) is 0 Å². The van der Waals surface area contributed by atoms with Gasteiger partial charge in [0.25, 0.3) is 5.91 Å². The van der Waals surface area contributed by atoms with E-state index >= 15 is 0 Å². The Hall–Kier alpha value is -2.89. The number of nitrogens with one attached hydrogen (secondary N) is 2. The number of carbonyl (C=O) groups excluding carboxylic acids is 1. The summed E-state index contributed by atoms with van der Waals surface area (Å²) < 4.78 is 0. The van der Waals surface area contributed by atoms with Crippen molar-refractivity contribution < 1.29 is 4.79 Å². The number of aromatic amines is 1. The zero-order chi connectivity index (χ0) is 18.4. The number of aromatic nitrogens is 3. The number of rotatable bonds is 6. The van der Waals surface area contributed by atoms with Crippen LogP contribution in [0.3, 0.4) is 0 Å². The van der Waals surface area contributed by atoms with E-state index in [4.69, 9.17) is 0 Å². The highest BCUT2D eigenvalue weighted by atomic mass is 16.1. The van der Waals surface area contributed by atoms with Crippen LogP contribution in [0.1, 0.15) is 36.7 Å². The van der Waals surface area contributed by atoms with Crippen molar-refractivity contribution in [1.29, 1.82) is 0 Å². The van der Waals surface area contributed by atoms with Crippen LogP contribution < -0.4 is 10.2 Å². The molecule has 2 saturated carbocycles. The van der Waals surface area contributed by atoms with Crippen LogP contribution in [-0.2, 0) is 0 Å². The van der Waals surface area contributed by atoms with Crippen molar-refractivity contribution in [1.82, 2.24) is 15.0 Å². The van der Waals surface area contributed by atoms with Gasteiger partial charge in [-0.2, -0.15) is 0 Å². The van der Waals surface area contributed by atoms with Crippen LogP contribution in [0.25, 0.3) is 10.9 Å². The topological polar surface area (TPSA) is 73.9 Å². The average molecular weight is 361 g/mol. The van der Waals surface area contributed by atoms with Crippen LogP contribution in [0, 0.1) is 11.8 Å². The Kier molecular flexibility index (Phi) is 3.85. The molecule has 0 bridgehead atoms. The first-order chi connectivity index (χ1) is 13.3. The largest absolute Gasteiger partial charge is 0.361 e. The van der Waals surface area contributed by atoms with E-state index in [0.717, 1.165) is 47.2 Å². The second-order valence-corrected chi connectivity index (χ2v) is 7.55. The van der Waals surface area contributed by atoms with E-state index < -0.39 is 0 Å². The van der Waals surface area contributed by atoms with E-state index in [0.29, 0.717) is 11.7 Å². The third-order valence-corrected chi connectivity index (χ3v) is 5.97. The van der Waals surface area contributed by atoms with Gasteiger partial charge >= 0.3 is 0 Å². The lowest BCUT2D eigenvalue weighted by atomic mass is 10.0. The summed E-state index contributed by atoms with van der Waals surface area (Å²) >= 11 is 0. The summed E-state index contributed by atoms with van der Waals surface area (Å²) in [5, 5.41) is 3.98. The number of hydrogen-bond donors (Lipinski definition) is 2. The lowest BCUT2D eigenvalue weighted by Crippen LogP contribution is -2.29. The molecule has 2 fully saturated rings. The molecular weight excluding hydrogens is 338 g/mol. The zero-order valence-electron chi connectivity index (χ0n) is 15.4. The van der Waals surface area contributed by atoms with Crippen molar-refractivity contribution in [3.05, 3.63) is 48.5 Å². The van der Waals surface area contributed by atoms with E-state index in [9.17, 15) is 4.79 Å². The van der Waals surface area contributed by atoms with Gasteiger partial charge in [-0.1, -0.05) is 13.0 Å². The molecule has 2 aromatic heterocycles. The predicted octanol–water partition coefficient (Wildman–Crippen LogP) is 3.84. The highest BCUT2D eigenvalue weighted by Crippen LogP contribution is 2.58. The smallest absolute Gasteiger partial charge is 0.274 e. The SMILES string of the molecule is CCCN(c1cc(C(=O)Nc2cccc3[nH]ccc23)ncn1)C1C2CCC21. The van der Waals surface area contributed by atoms with E-state index in [1.807, 2.05) is 36.5 Å². The number of amides is 1. The lowest BCUT2D eigenvalue weighted by molar-refractivity contribution is 0.102. The van der Waals surface area contributed by atoms with Gasteiger partial charge < -0.3 is 15.2 Å². The number of nitrogens with zero attached hydrogens (tertiary/aromatic N) is 3. The average Bonchev–Trinajstić information content (AvgIpc) is 2.99. The Balaban J connectivity index is 1.39. The number of fused-ring (bicyclic) bond motifs is 2. The van der Waals surface area contributed by atoms with Crippen molar-refractivity contribution in [2.24, 2.45) is 11.8 Å². The molecule has 2 N–H and O–H groups in total. The first-order valence-electron chi connectivity index (χ1n) is 9.72. The summed E-state index contributed by atoms with van der Waals surface area (Å²) in [5.41, 5.74) is 2.18. The summed E-state index contributed by atoms with van der Waals surface area (Å²) in [6.07, 6.45) is 7.10. The maximum atomic E-state index is 12.8. The molecule has 2 atom stereocenters. The van der Waals surface area contributed by atoms with Crippen LogP contribution in [-0.4, -0.2) is 33.4 Å². The van der Waals surface area contributed by atoms with E-state index in [2.05, 4.69) is 32.1 Å². The third-order valence-electron chi connectivity index (χ3n) is 5.97. The number of carbonyl (C=O) groups is 1. The molecule has 138 valence electrons. The Morgan fingerprint density at radius 2 is 2.11 bits per heavy atom. The van der Waals surface area contributed by atoms with E-state index in [1.165, 1.54) is 19.2 Å². The van der Waals surface area contributed by atoms with Crippen molar-refractivity contribution in [2.45, 2.75) is 32.2 Å². The van der Waals surface area contributed by atoms with E-state index in [-0.39, 0.29) is 5.91 Å². The molecule has 6 nitrogen and oxygen atoms in total. The standard InChI is InChI=1S/C21H23N5O/c1-2-10-26(20-13-6-7-14(13)20)19-11-18(23-12-24-19)21(27)25-17-5-3-4-16-15(17)8-9-22-16/h3-5,8-9,11-14,20,22H,2,6-7,10H2,1H3,(H,25,27). The minimum Gasteiger partial charge on any atom is -0.361 e. The number of hydrogen-bond acceptors (Lipinski definition) is 4. The second-order valence-electron chi connectivity index (χ2n) is 7.55. The molecule has 2 unspecified atom stereocenters. The highest BCUT2D eigenvalue weighted by Gasteiger charge is 2.59. The molecular formula is C21H23N5O. The molecule has 0 aliphatic heterocycles. The van der Waals surface area contributed by atoms with Crippen molar-refractivity contribution >= 4 is 28.3 Å². The van der Waals surface area contributed by atoms with Crippen LogP contribution in [0.15, 0.2) is 42.9 Å². The van der Waals surface area contributed by atoms with E-state index in [1.54, 1.807) is 0 Å². The molecule has 0 radical (unpaired) electrons. The monoisotopic (exact) mass is 361 g/mol. The van der Waals surface area contributed by atoms with Gasteiger partial charge in [0.1, 0.15) is 17.8 Å². The van der Waals surface area contributed by atoms with Gasteiger partial charge in [-0.05, 0) is 49.3 Å². The first-order valence-corrected chi connectivity index (χ1v) is 9.72. The normalized spacial score (nSPS) is 22.8. The van der Waals surface area contributed by atoms with Crippen LogP contribution in [0.4, 0.5) is 11.5 Å². The van der Waals surface area contributed by atoms with Gasteiger partial charge in [0.05, 0.1) is 5.69 Å². The lowest BCUT2D eigenvalue weighted by Gasteiger charge is -2.23. The minimum absolute atomic E-state index is 0.206. The first kappa shape index (κ1) is 16.3.